The van der Waals surface area contributed by atoms with Crippen LogP contribution >= 0.6 is 0 Å². The molecule has 1 heterocycles. The molecule has 0 bridgehead atoms. The molecule has 1 unspecified atom stereocenters. The highest BCUT2D eigenvalue weighted by atomic mass is 16.5. The van der Waals surface area contributed by atoms with Gasteiger partial charge in [-0.1, -0.05) is 55.5 Å². The van der Waals surface area contributed by atoms with E-state index in [4.69, 9.17) is 4.74 Å². The summed E-state index contributed by atoms with van der Waals surface area (Å²) in [5, 5.41) is 14.3. The summed E-state index contributed by atoms with van der Waals surface area (Å²) in [6, 6.07) is 13.9. The van der Waals surface area contributed by atoms with Gasteiger partial charge in [0.25, 0.3) is 0 Å². The highest BCUT2D eigenvalue weighted by Gasteiger charge is 2.30. The van der Waals surface area contributed by atoms with Gasteiger partial charge < -0.3 is 25.5 Å². The van der Waals surface area contributed by atoms with Crippen LogP contribution in [0.5, 0.6) is 0 Å². The van der Waals surface area contributed by atoms with Crippen LogP contribution in [0.4, 0.5) is 4.79 Å². The smallest absolute Gasteiger partial charge is 0.407 e. The maximum atomic E-state index is 12.8. The SMILES string of the molecule is CCC(NC(=O)[C@H](Cc1cnc[nH]1)NC(=O)OCC1c2ccccc2-c2ccccc21)C(=O)O. The number of fused-ring (bicyclic) bond motifs is 3. The summed E-state index contributed by atoms with van der Waals surface area (Å²) in [5.74, 6) is -1.87. The predicted octanol–water partition coefficient (Wildman–Crippen LogP) is 2.84. The molecule has 2 amide bonds. The van der Waals surface area contributed by atoms with Gasteiger partial charge in [-0.15, -0.1) is 0 Å². The summed E-state index contributed by atoms with van der Waals surface area (Å²) < 4.78 is 5.55. The first-order valence-corrected chi connectivity index (χ1v) is 11.1. The summed E-state index contributed by atoms with van der Waals surface area (Å²) >= 11 is 0. The molecule has 4 N–H and O–H groups in total. The fourth-order valence-electron chi connectivity index (χ4n) is 4.22. The van der Waals surface area contributed by atoms with E-state index in [0.29, 0.717) is 5.69 Å². The number of hydrogen-bond acceptors (Lipinski definition) is 5. The second-order valence-electron chi connectivity index (χ2n) is 8.11. The van der Waals surface area contributed by atoms with Crippen LogP contribution in [0, 0.1) is 0 Å². The van der Waals surface area contributed by atoms with Gasteiger partial charge in [0.1, 0.15) is 18.7 Å². The molecule has 34 heavy (non-hydrogen) atoms. The number of benzene rings is 2. The fourth-order valence-corrected chi connectivity index (χ4v) is 4.22. The number of hydrogen-bond donors (Lipinski definition) is 4. The number of ether oxygens (including phenoxy) is 1. The van der Waals surface area contributed by atoms with Gasteiger partial charge in [-0.05, 0) is 28.7 Å². The van der Waals surface area contributed by atoms with Gasteiger partial charge in [-0.25, -0.2) is 14.6 Å². The summed E-state index contributed by atoms with van der Waals surface area (Å²) in [4.78, 5) is 43.6. The van der Waals surface area contributed by atoms with Crippen LogP contribution in [0.15, 0.2) is 61.1 Å². The van der Waals surface area contributed by atoms with Crippen molar-refractivity contribution in [3.8, 4) is 11.1 Å². The van der Waals surface area contributed by atoms with Gasteiger partial charge in [0.2, 0.25) is 5.91 Å². The van der Waals surface area contributed by atoms with Crippen molar-refractivity contribution < 1.29 is 24.2 Å². The van der Waals surface area contributed by atoms with E-state index in [9.17, 15) is 19.5 Å². The zero-order valence-electron chi connectivity index (χ0n) is 18.7. The molecule has 9 heteroatoms. The van der Waals surface area contributed by atoms with Crippen molar-refractivity contribution in [1.29, 1.82) is 0 Å². The molecule has 2 aromatic carbocycles. The molecule has 1 aliphatic rings. The molecule has 4 rings (SSSR count). The van der Waals surface area contributed by atoms with Crippen LogP contribution in [0.2, 0.25) is 0 Å². The molecule has 0 saturated heterocycles. The van der Waals surface area contributed by atoms with E-state index in [1.165, 1.54) is 12.5 Å². The van der Waals surface area contributed by atoms with Crippen molar-refractivity contribution in [2.75, 3.05) is 6.61 Å². The zero-order valence-corrected chi connectivity index (χ0v) is 18.7. The lowest BCUT2D eigenvalue weighted by Gasteiger charge is -2.21. The molecule has 3 aromatic rings. The Bertz CT molecular complexity index is 1130. The third kappa shape index (κ3) is 4.93. The Morgan fingerprint density at radius 1 is 1.03 bits per heavy atom. The van der Waals surface area contributed by atoms with Crippen LogP contribution in [0.25, 0.3) is 11.1 Å². The monoisotopic (exact) mass is 462 g/mol. The molecule has 0 spiro atoms. The molecular formula is C25H26N4O5. The average molecular weight is 463 g/mol. The summed E-state index contributed by atoms with van der Waals surface area (Å²) in [6.45, 7) is 1.76. The third-order valence-corrected chi connectivity index (χ3v) is 5.95. The average Bonchev–Trinajstić information content (AvgIpc) is 3.46. The molecule has 0 saturated carbocycles. The highest BCUT2D eigenvalue weighted by molar-refractivity contribution is 5.89. The van der Waals surface area contributed by atoms with Crippen molar-refractivity contribution in [2.45, 2.75) is 37.8 Å². The van der Waals surface area contributed by atoms with Gasteiger partial charge >= 0.3 is 12.1 Å². The Kier molecular flexibility index (Phi) is 6.91. The minimum absolute atomic E-state index is 0.102. The second-order valence-corrected chi connectivity index (χ2v) is 8.11. The number of alkyl carbamates (subject to hydrolysis) is 1. The number of imidazole rings is 1. The highest BCUT2D eigenvalue weighted by Crippen LogP contribution is 2.44. The summed E-state index contributed by atoms with van der Waals surface area (Å²) in [7, 11) is 0. The van der Waals surface area contributed by atoms with Crippen LogP contribution in [0.1, 0.15) is 36.1 Å². The van der Waals surface area contributed by atoms with Crippen molar-refractivity contribution >= 4 is 18.0 Å². The summed E-state index contributed by atoms with van der Waals surface area (Å²) in [6.07, 6.45) is 2.55. The number of aliphatic carboxylic acids is 1. The largest absolute Gasteiger partial charge is 0.480 e. The third-order valence-electron chi connectivity index (χ3n) is 5.95. The number of carbonyl (C=O) groups is 3. The van der Waals surface area contributed by atoms with Gasteiger partial charge in [-0.2, -0.15) is 0 Å². The van der Waals surface area contributed by atoms with E-state index in [0.717, 1.165) is 22.3 Å². The molecule has 0 fully saturated rings. The van der Waals surface area contributed by atoms with Crippen molar-refractivity contribution in [2.24, 2.45) is 0 Å². The summed E-state index contributed by atoms with van der Waals surface area (Å²) in [5.41, 5.74) is 5.00. The number of aromatic amines is 1. The van der Waals surface area contributed by atoms with E-state index in [2.05, 4.69) is 20.6 Å². The maximum Gasteiger partial charge on any atom is 0.407 e. The number of aromatic nitrogens is 2. The van der Waals surface area contributed by atoms with Gasteiger partial charge in [0.05, 0.1) is 6.33 Å². The van der Waals surface area contributed by atoms with Crippen molar-refractivity contribution in [3.63, 3.8) is 0 Å². The van der Waals surface area contributed by atoms with Crippen LogP contribution in [-0.4, -0.2) is 51.7 Å². The number of carboxylic acid groups (broad SMARTS) is 1. The van der Waals surface area contributed by atoms with E-state index < -0.39 is 30.1 Å². The fraction of sp³-hybridized carbons (Fsp3) is 0.280. The quantitative estimate of drug-likeness (QED) is 0.386. The molecule has 2 atom stereocenters. The number of carboxylic acids is 1. The maximum absolute atomic E-state index is 12.8. The Labute approximate surface area is 196 Å². The molecule has 1 aliphatic carbocycles. The number of carbonyl (C=O) groups excluding carboxylic acids is 2. The second kappa shape index (κ2) is 10.2. The normalized spacial score (nSPS) is 13.9. The van der Waals surface area contributed by atoms with E-state index in [1.807, 2.05) is 48.5 Å². The topological polar surface area (TPSA) is 133 Å². The number of nitrogens with one attached hydrogen (secondary N) is 3. The van der Waals surface area contributed by atoms with E-state index in [-0.39, 0.29) is 25.4 Å². The lowest BCUT2D eigenvalue weighted by molar-refractivity contribution is -0.142. The predicted molar refractivity (Wildman–Crippen MR) is 124 cm³/mol. The number of H-pyrrole nitrogens is 1. The Balaban J connectivity index is 1.45. The first kappa shape index (κ1) is 23.0. The van der Waals surface area contributed by atoms with Crippen LogP contribution in [0.3, 0.4) is 0 Å². The van der Waals surface area contributed by atoms with Gasteiger partial charge in [0.15, 0.2) is 0 Å². The first-order chi connectivity index (χ1) is 16.5. The minimum Gasteiger partial charge on any atom is -0.480 e. The molecule has 1 aromatic heterocycles. The zero-order chi connectivity index (χ0) is 24.1. The van der Waals surface area contributed by atoms with Crippen LogP contribution in [-0.2, 0) is 20.7 Å². The van der Waals surface area contributed by atoms with Crippen molar-refractivity contribution in [3.05, 3.63) is 77.9 Å². The molecular weight excluding hydrogens is 436 g/mol. The lowest BCUT2D eigenvalue weighted by Crippen LogP contribution is -2.52. The Hall–Kier alpha value is -4.14. The van der Waals surface area contributed by atoms with E-state index >= 15 is 0 Å². The van der Waals surface area contributed by atoms with Gasteiger partial charge in [0, 0.05) is 24.2 Å². The van der Waals surface area contributed by atoms with E-state index in [1.54, 1.807) is 6.92 Å². The van der Waals surface area contributed by atoms with Gasteiger partial charge in [-0.3, -0.25) is 4.79 Å². The number of amides is 2. The molecule has 176 valence electrons. The first-order valence-electron chi connectivity index (χ1n) is 11.1. The number of nitrogens with zero attached hydrogens (tertiary/aromatic N) is 1. The Morgan fingerprint density at radius 2 is 1.68 bits per heavy atom. The van der Waals surface area contributed by atoms with Crippen LogP contribution < -0.4 is 10.6 Å². The standard InChI is InChI=1S/C25H26N4O5/c1-2-21(24(31)32)28-23(30)22(11-15-12-26-14-27-15)29-25(33)34-13-20-18-9-5-3-7-16(18)17-8-4-6-10-19(17)20/h3-10,12,14,20-22H,2,11,13H2,1H3,(H,26,27)(H,28,30)(H,29,33)(H,31,32)/t21?,22-/m0/s1. The Morgan fingerprint density at radius 3 is 2.24 bits per heavy atom. The minimum atomic E-state index is -1.14. The lowest BCUT2D eigenvalue weighted by atomic mass is 9.98. The molecule has 0 radical (unpaired) electrons. The van der Waals surface area contributed by atoms with Crippen molar-refractivity contribution in [1.82, 2.24) is 20.6 Å². The number of rotatable bonds is 9. The molecule has 0 aliphatic heterocycles. The molecule has 9 nitrogen and oxygen atoms in total.